The zero-order valence-corrected chi connectivity index (χ0v) is 19.5. The van der Waals surface area contributed by atoms with Crippen molar-refractivity contribution >= 4 is 6.41 Å². The minimum absolute atomic E-state index is 0.0208. The Labute approximate surface area is 185 Å². The van der Waals surface area contributed by atoms with Crippen molar-refractivity contribution < 1.29 is 9.53 Å². The number of allylic oxidation sites excluding steroid dienone is 4. The zero-order chi connectivity index (χ0) is 23.7. The third-order valence-corrected chi connectivity index (χ3v) is 5.03. The first-order valence-electron chi connectivity index (χ1n) is 10.2. The number of H-pyrrole nitrogens is 1. The van der Waals surface area contributed by atoms with Gasteiger partial charge in [-0.1, -0.05) is 24.8 Å². The molecule has 1 atom stereocenters. The average Bonchev–Trinajstić information content (AvgIpc) is 2.69. The molecule has 0 spiro atoms. The van der Waals surface area contributed by atoms with Gasteiger partial charge in [-0.2, -0.15) is 0 Å². The van der Waals surface area contributed by atoms with Crippen LogP contribution in [0.4, 0.5) is 0 Å². The number of nitrogens with zero attached hydrogens (tertiary/aromatic N) is 1. The lowest BCUT2D eigenvalue weighted by molar-refractivity contribution is -0.106. The van der Waals surface area contributed by atoms with Gasteiger partial charge in [-0.15, -0.1) is 0 Å². The Kier molecular flexibility index (Phi) is 9.96. The van der Waals surface area contributed by atoms with E-state index >= 15 is 0 Å². The van der Waals surface area contributed by atoms with E-state index in [2.05, 4.69) is 41.8 Å². The molecule has 1 aliphatic heterocycles. The van der Waals surface area contributed by atoms with Crippen LogP contribution in [0, 0.1) is 13.8 Å². The molecule has 168 valence electrons. The van der Waals surface area contributed by atoms with Crippen LogP contribution in [0.2, 0.25) is 0 Å². The van der Waals surface area contributed by atoms with Crippen molar-refractivity contribution in [2.75, 3.05) is 6.61 Å². The van der Waals surface area contributed by atoms with Crippen molar-refractivity contribution in [1.29, 1.82) is 0 Å². The lowest BCUT2D eigenvalue weighted by Gasteiger charge is -2.35. The van der Waals surface area contributed by atoms with Crippen LogP contribution in [0.1, 0.15) is 44.5 Å². The summed E-state index contributed by atoms with van der Waals surface area (Å²) in [5.41, 5.74) is 12.1. The van der Waals surface area contributed by atoms with Crippen LogP contribution in [-0.4, -0.2) is 29.0 Å². The molecule has 1 aromatic heterocycles. The second-order valence-corrected chi connectivity index (χ2v) is 7.61. The summed E-state index contributed by atoms with van der Waals surface area (Å²) in [5, 5.41) is 0. The van der Waals surface area contributed by atoms with Gasteiger partial charge >= 0.3 is 0 Å². The molecule has 6 nitrogen and oxygen atoms in total. The summed E-state index contributed by atoms with van der Waals surface area (Å²) in [7, 11) is 0. The van der Waals surface area contributed by atoms with E-state index in [1.165, 1.54) is 0 Å². The maximum Gasteiger partial charge on any atom is 0.251 e. The van der Waals surface area contributed by atoms with Crippen molar-refractivity contribution in [3.05, 3.63) is 92.9 Å². The molecule has 1 aromatic rings. The fourth-order valence-electron chi connectivity index (χ4n) is 3.59. The molecular weight excluding hydrogens is 390 g/mol. The maximum atomic E-state index is 12.5. The number of nitrogens with two attached hydrogens (primary N) is 1. The van der Waals surface area contributed by atoms with Gasteiger partial charge in [0.25, 0.3) is 5.56 Å². The van der Waals surface area contributed by atoms with E-state index in [0.29, 0.717) is 13.0 Å². The molecule has 2 rings (SSSR count). The van der Waals surface area contributed by atoms with Gasteiger partial charge in [0, 0.05) is 29.6 Å². The third-order valence-electron chi connectivity index (χ3n) is 5.03. The van der Waals surface area contributed by atoms with Crippen LogP contribution in [0.25, 0.3) is 0 Å². The summed E-state index contributed by atoms with van der Waals surface area (Å²) in [6.07, 6.45) is 6.68. The van der Waals surface area contributed by atoms with Gasteiger partial charge in [-0.25, -0.2) is 0 Å². The highest BCUT2D eigenvalue weighted by Crippen LogP contribution is 2.34. The second kappa shape index (κ2) is 11.9. The topological polar surface area (TPSA) is 88.4 Å². The van der Waals surface area contributed by atoms with E-state index in [4.69, 9.17) is 9.53 Å². The predicted octanol–water partition coefficient (Wildman–Crippen LogP) is 4.18. The van der Waals surface area contributed by atoms with Crippen molar-refractivity contribution in [1.82, 2.24) is 9.88 Å². The number of pyridine rings is 1. The van der Waals surface area contributed by atoms with Crippen LogP contribution in [0.5, 0.6) is 0 Å². The van der Waals surface area contributed by atoms with Crippen molar-refractivity contribution in [2.24, 2.45) is 5.73 Å². The normalized spacial score (nSPS) is 15.7. The van der Waals surface area contributed by atoms with Crippen LogP contribution in [-0.2, 0) is 16.0 Å². The first kappa shape index (κ1) is 25.9. The maximum absolute atomic E-state index is 12.5. The molecule has 0 aliphatic carbocycles. The minimum atomic E-state index is -0.134. The summed E-state index contributed by atoms with van der Waals surface area (Å²) >= 11 is 0. The molecule has 0 radical (unpaired) electrons. The molecule has 1 unspecified atom stereocenters. The lowest BCUT2D eigenvalue weighted by Crippen LogP contribution is -2.30. The molecule has 0 saturated heterocycles. The Balaban J connectivity index is 0.00000151. The Morgan fingerprint density at radius 3 is 2.45 bits per heavy atom. The number of carbonyl (C=O) groups is 1. The molecule has 0 aromatic carbocycles. The third kappa shape index (κ3) is 6.69. The van der Waals surface area contributed by atoms with Crippen molar-refractivity contribution in [3.63, 3.8) is 0 Å². The van der Waals surface area contributed by atoms with Crippen LogP contribution in [0.3, 0.4) is 0 Å². The molecule has 0 saturated carbocycles. The molecule has 2 heterocycles. The number of aryl methyl sites for hydroxylation is 2. The molecular formula is C25H35N3O3. The van der Waals surface area contributed by atoms with Crippen LogP contribution < -0.4 is 11.3 Å². The summed E-state index contributed by atoms with van der Waals surface area (Å²) in [4.78, 5) is 26.1. The van der Waals surface area contributed by atoms with Gasteiger partial charge in [0.15, 0.2) is 0 Å². The number of ether oxygens (including phenoxy) is 1. The van der Waals surface area contributed by atoms with E-state index in [1.807, 2.05) is 53.0 Å². The molecule has 1 aliphatic rings. The van der Waals surface area contributed by atoms with Gasteiger partial charge in [-0.3, -0.25) is 9.59 Å². The average molecular weight is 426 g/mol. The number of amides is 1. The van der Waals surface area contributed by atoms with Gasteiger partial charge in [0.05, 0.1) is 18.4 Å². The monoisotopic (exact) mass is 425 g/mol. The fourth-order valence-corrected chi connectivity index (χ4v) is 3.59. The number of primary amides is 1. The molecule has 31 heavy (non-hydrogen) atoms. The molecule has 0 fully saturated rings. The van der Waals surface area contributed by atoms with Crippen molar-refractivity contribution in [3.8, 4) is 0 Å². The summed E-state index contributed by atoms with van der Waals surface area (Å²) in [6, 6.07) is 2.02. The fraction of sp³-hybridized carbons (Fsp3) is 0.360. The number of aromatic amines is 1. The van der Waals surface area contributed by atoms with Gasteiger partial charge < -0.3 is 20.4 Å². The number of carbonyl (C=O) groups excluding carboxylic acids is 1. The predicted molar refractivity (Wildman–Crippen MR) is 127 cm³/mol. The number of rotatable bonds is 7. The Hall–Kier alpha value is -3.12. The van der Waals surface area contributed by atoms with Crippen molar-refractivity contribution in [2.45, 2.75) is 54.1 Å². The second-order valence-electron chi connectivity index (χ2n) is 7.61. The molecule has 1 amide bonds. The first-order valence-corrected chi connectivity index (χ1v) is 10.2. The van der Waals surface area contributed by atoms with E-state index in [-0.39, 0.29) is 18.1 Å². The van der Waals surface area contributed by atoms with E-state index in [1.54, 1.807) is 0 Å². The molecule has 6 heteroatoms. The number of hydrogen-bond acceptors (Lipinski definition) is 4. The standard InChI is InChI=1S/C24H32N2O2.CH3NO/c1-9-21-12-20(13-22-16(5)11-17(6)25-24(22)27)18(7)23(26(21)10-2)19(8)28-14-15(3)4;2-1-3/h9-12,19H,2-3,13-14H2,1,4-8H3,(H,25,27);1H,(H2,2,3)/b21-9-;. The number of aromatic nitrogens is 1. The number of nitrogens with one attached hydrogen (secondary N) is 1. The summed E-state index contributed by atoms with van der Waals surface area (Å²) in [5.74, 6) is 0. The number of hydrogen-bond donors (Lipinski definition) is 2. The quantitative estimate of drug-likeness (QED) is 0.507. The van der Waals surface area contributed by atoms with Gasteiger partial charge in [0.2, 0.25) is 6.41 Å². The Morgan fingerprint density at radius 1 is 1.35 bits per heavy atom. The zero-order valence-electron chi connectivity index (χ0n) is 19.5. The highest BCUT2D eigenvalue weighted by molar-refractivity contribution is 5.49. The highest BCUT2D eigenvalue weighted by atomic mass is 16.5. The lowest BCUT2D eigenvalue weighted by atomic mass is 9.90. The molecule has 0 bridgehead atoms. The van der Waals surface area contributed by atoms with Crippen LogP contribution >= 0.6 is 0 Å². The Bertz CT molecular complexity index is 980. The molecule has 3 N–H and O–H groups in total. The summed E-state index contributed by atoms with van der Waals surface area (Å²) < 4.78 is 6.03. The minimum Gasteiger partial charge on any atom is -0.372 e. The van der Waals surface area contributed by atoms with E-state index < -0.39 is 0 Å². The Morgan fingerprint density at radius 2 is 1.97 bits per heavy atom. The van der Waals surface area contributed by atoms with E-state index in [0.717, 1.165) is 44.9 Å². The largest absolute Gasteiger partial charge is 0.372 e. The van der Waals surface area contributed by atoms with Crippen LogP contribution in [0.15, 0.2) is 70.5 Å². The smallest absolute Gasteiger partial charge is 0.251 e. The SMILES string of the molecule is C=CN1C(C(C)OCC(=C)C)=C(C)C(Cc2c(C)cc(C)[nH]c2=O)=C/C1=C/C.NC=O. The highest BCUT2D eigenvalue weighted by Gasteiger charge is 2.26. The summed E-state index contributed by atoms with van der Waals surface area (Å²) in [6.45, 7) is 20.4. The van der Waals surface area contributed by atoms with Gasteiger partial charge in [-0.05, 0) is 70.4 Å². The van der Waals surface area contributed by atoms with Gasteiger partial charge in [0.1, 0.15) is 0 Å². The van der Waals surface area contributed by atoms with E-state index in [9.17, 15) is 4.79 Å². The first-order chi connectivity index (χ1) is 14.6.